The molecule has 1 amide bonds. The number of benzene rings is 2. The van der Waals surface area contributed by atoms with Crippen LogP contribution in [0, 0.1) is 11.7 Å². The van der Waals surface area contributed by atoms with Gasteiger partial charge in [0, 0.05) is 36.8 Å². The number of anilines is 2. The molecule has 0 radical (unpaired) electrons. The van der Waals surface area contributed by atoms with E-state index in [0.717, 1.165) is 31.5 Å². The lowest BCUT2D eigenvalue weighted by Crippen LogP contribution is -2.44. The van der Waals surface area contributed by atoms with Gasteiger partial charge in [-0.3, -0.25) is 14.6 Å². The number of carbonyl (C=O) groups excluding carboxylic acids is 1. The Kier molecular flexibility index (Phi) is 7.83. The number of fused-ring (bicyclic) bond motifs is 1. The highest BCUT2D eigenvalue weighted by atomic mass is 19.1. The summed E-state index contributed by atoms with van der Waals surface area (Å²) >= 11 is 0. The number of ether oxygens (including phenoxy) is 3. The highest BCUT2D eigenvalue weighted by molar-refractivity contribution is 6.54. The van der Waals surface area contributed by atoms with Crippen LogP contribution < -0.4 is 24.8 Å². The van der Waals surface area contributed by atoms with Crippen LogP contribution in [-0.2, 0) is 11.2 Å². The van der Waals surface area contributed by atoms with Crippen LogP contribution in [0.5, 0.6) is 17.2 Å². The third-order valence-corrected chi connectivity index (χ3v) is 7.39. The van der Waals surface area contributed by atoms with Crippen molar-refractivity contribution in [3.05, 3.63) is 59.0 Å². The molecule has 0 spiro atoms. The second-order valence-corrected chi connectivity index (χ2v) is 10.1. The highest BCUT2D eigenvalue weighted by Gasteiger charge is 2.36. The van der Waals surface area contributed by atoms with Crippen molar-refractivity contribution in [1.82, 2.24) is 14.9 Å². The van der Waals surface area contributed by atoms with E-state index in [9.17, 15) is 9.18 Å². The van der Waals surface area contributed by atoms with Crippen molar-refractivity contribution in [2.75, 3.05) is 51.7 Å². The molecule has 0 aliphatic carbocycles. The molecule has 0 saturated carbocycles. The van der Waals surface area contributed by atoms with E-state index in [1.165, 1.54) is 12.1 Å². The molecule has 11 heteroatoms. The lowest BCUT2D eigenvalue weighted by atomic mass is 10.00. The summed E-state index contributed by atoms with van der Waals surface area (Å²) in [5.74, 6) is 1.68. The second kappa shape index (κ2) is 11.5. The van der Waals surface area contributed by atoms with Gasteiger partial charge in [-0.05, 0) is 54.7 Å². The molecule has 0 bridgehead atoms. The first-order valence-corrected chi connectivity index (χ1v) is 13.1. The van der Waals surface area contributed by atoms with Crippen LogP contribution in [0.3, 0.4) is 0 Å². The number of hydrogen-bond donors (Lipinski definition) is 1. The molecule has 0 unspecified atom stereocenters. The van der Waals surface area contributed by atoms with Gasteiger partial charge in [0.15, 0.2) is 11.5 Å². The van der Waals surface area contributed by atoms with Gasteiger partial charge in [0.05, 0.1) is 33.7 Å². The fourth-order valence-electron chi connectivity index (χ4n) is 5.10. The number of nitrogen functional groups attached to an aromatic ring is 1. The number of amides is 1. The summed E-state index contributed by atoms with van der Waals surface area (Å²) in [6, 6.07) is 7.96. The first kappa shape index (κ1) is 27.3. The molecule has 2 N–H and O–H groups in total. The number of likely N-dealkylation sites (tertiary alicyclic amines) is 1. The molecule has 3 heterocycles. The van der Waals surface area contributed by atoms with E-state index in [2.05, 4.69) is 26.8 Å². The zero-order valence-electron chi connectivity index (χ0n) is 23.1. The van der Waals surface area contributed by atoms with Crippen LogP contribution in [0.2, 0.25) is 0 Å². The van der Waals surface area contributed by atoms with E-state index in [1.807, 2.05) is 12.1 Å². The van der Waals surface area contributed by atoms with Crippen molar-refractivity contribution in [1.29, 1.82) is 0 Å². The predicted octanol–water partition coefficient (Wildman–Crippen LogP) is 3.97. The van der Waals surface area contributed by atoms with Gasteiger partial charge in [-0.2, -0.15) is 4.98 Å². The molecule has 1 aromatic heterocycles. The van der Waals surface area contributed by atoms with E-state index in [-0.39, 0.29) is 23.4 Å². The Balaban J connectivity index is 1.41. The van der Waals surface area contributed by atoms with Gasteiger partial charge >= 0.3 is 0 Å². The van der Waals surface area contributed by atoms with Crippen LogP contribution in [0.4, 0.5) is 21.8 Å². The number of halogens is 1. The molecule has 2 aliphatic rings. The molecule has 210 valence electrons. The van der Waals surface area contributed by atoms with Crippen molar-refractivity contribution in [2.24, 2.45) is 10.9 Å². The van der Waals surface area contributed by atoms with Crippen molar-refractivity contribution < 1.29 is 23.4 Å². The maximum Gasteiger partial charge on any atom is 0.278 e. The molecular formula is C29H33FN6O4. The maximum absolute atomic E-state index is 14.2. The molecule has 0 atom stereocenters. The number of nitrogens with two attached hydrogens (primary N) is 1. The highest BCUT2D eigenvalue weighted by Crippen LogP contribution is 2.39. The molecule has 10 nitrogen and oxygen atoms in total. The summed E-state index contributed by atoms with van der Waals surface area (Å²) in [7, 11) is 4.64. The quantitative estimate of drug-likeness (QED) is 0.450. The summed E-state index contributed by atoms with van der Waals surface area (Å²) in [5.41, 5.74) is 8.92. The van der Waals surface area contributed by atoms with Gasteiger partial charge in [0.1, 0.15) is 17.3 Å². The van der Waals surface area contributed by atoms with Crippen molar-refractivity contribution in [2.45, 2.75) is 26.2 Å². The summed E-state index contributed by atoms with van der Waals surface area (Å²) in [6.45, 7) is 4.46. The van der Waals surface area contributed by atoms with Gasteiger partial charge in [-0.1, -0.05) is 6.92 Å². The number of rotatable bonds is 8. The average Bonchev–Trinajstić information content (AvgIpc) is 3.20. The van der Waals surface area contributed by atoms with E-state index >= 15 is 0 Å². The molecule has 1 saturated heterocycles. The first-order valence-electron chi connectivity index (χ1n) is 13.1. The number of methoxy groups -OCH3 is 3. The SMILES string of the molecule is COc1cc(Cc2cnc(/N=C3\C(=O)N(CN4CCC(C)CC4)c4ccc(F)cc43)nc2N)cc(OC)c1OC. The zero-order chi connectivity index (χ0) is 28.4. The van der Waals surface area contributed by atoms with Crippen LogP contribution in [0.15, 0.2) is 41.5 Å². The lowest BCUT2D eigenvalue weighted by molar-refractivity contribution is -0.112. The average molecular weight is 549 g/mol. The second-order valence-electron chi connectivity index (χ2n) is 10.1. The van der Waals surface area contributed by atoms with Gasteiger partial charge in [0.25, 0.3) is 11.9 Å². The Morgan fingerprint density at radius 1 is 1.07 bits per heavy atom. The Labute approximate surface area is 232 Å². The Bertz CT molecular complexity index is 1430. The fraction of sp³-hybridized carbons (Fsp3) is 0.379. The molecular weight excluding hydrogens is 515 g/mol. The molecule has 2 aliphatic heterocycles. The monoisotopic (exact) mass is 548 g/mol. The molecule has 3 aromatic rings. The zero-order valence-corrected chi connectivity index (χ0v) is 23.1. The summed E-state index contributed by atoms with van der Waals surface area (Å²) in [4.78, 5) is 30.5. The van der Waals surface area contributed by atoms with Gasteiger partial charge in [-0.25, -0.2) is 14.4 Å². The van der Waals surface area contributed by atoms with Crippen LogP contribution in [0.1, 0.15) is 36.5 Å². The number of aliphatic imine (C=N–C) groups is 1. The number of aromatic nitrogens is 2. The van der Waals surface area contributed by atoms with Crippen LogP contribution in [-0.4, -0.2) is 67.6 Å². The van der Waals surface area contributed by atoms with Gasteiger partial charge in [0.2, 0.25) is 5.75 Å². The van der Waals surface area contributed by atoms with Gasteiger partial charge < -0.3 is 19.9 Å². The maximum atomic E-state index is 14.2. The summed E-state index contributed by atoms with van der Waals surface area (Å²) in [5, 5.41) is 0. The minimum absolute atomic E-state index is 0.0263. The topological polar surface area (TPSA) is 115 Å². The van der Waals surface area contributed by atoms with Crippen LogP contribution >= 0.6 is 0 Å². The Morgan fingerprint density at radius 3 is 2.40 bits per heavy atom. The van der Waals surface area contributed by atoms with E-state index in [0.29, 0.717) is 53.1 Å². The smallest absolute Gasteiger partial charge is 0.278 e. The van der Waals surface area contributed by atoms with E-state index in [4.69, 9.17) is 19.9 Å². The van der Waals surface area contributed by atoms with Crippen LogP contribution in [0.25, 0.3) is 0 Å². The first-order chi connectivity index (χ1) is 19.3. The number of carbonyl (C=O) groups is 1. The van der Waals surface area contributed by atoms with Crippen molar-refractivity contribution in [3.8, 4) is 17.2 Å². The fourth-order valence-corrected chi connectivity index (χ4v) is 5.10. The number of nitrogens with zero attached hydrogens (tertiary/aromatic N) is 5. The number of piperidine rings is 1. The Hall–Kier alpha value is -4.25. The van der Waals surface area contributed by atoms with E-state index < -0.39 is 5.82 Å². The Morgan fingerprint density at radius 2 is 1.77 bits per heavy atom. The van der Waals surface area contributed by atoms with Crippen molar-refractivity contribution in [3.63, 3.8) is 0 Å². The number of hydrogen-bond acceptors (Lipinski definition) is 9. The normalized spacial score (nSPS) is 16.9. The molecule has 2 aromatic carbocycles. The predicted molar refractivity (Wildman–Crippen MR) is 150 cm³/mol. The standard InChI is InChI=1S/C29H33FN6O4/c1-17-7-9-35(10-8-17)16-36-22-6-5-20(30)14-21(22)25(28(36)37)33-29-32-15-19(27(31)34-29)11-18-12-23(38-2)26(40-4)24(13-18)39-3/h5-6,12-15,17H,7-11,16H2,1-4H3,(H2,31,32,34)/b33-25-. The third kappa shape index (κ3) is 5.42. The molecule has 40 heavy (non-hydrogen) atoms. The minimum atomic E-state index is -0.450. The minimum Gasteiger partial charge on any atom is -0.493 e. The third-order valence-electron chi connectivity index (χ3n) is 7.39. The largest absolute Gasteiger partial charge is 0.493 e. The lowest BCUT2D eigenvalue weighted by Gasteiger charge is -2.33. The van der Waals surface area contributed by atoms with E-state index in [1.54, 1.807) is 38.5 Å². The van der Waals surface area contributed by atoms with Gasteiger partial charge in [-0.15, -0.1) is 0 Å². The summed E-state index contributed by atoms with van der Waals surface area (Å²) in [6.07, 6.45) is 4.13. The molecule has 1 fully saturated rings. The molecule has 5 rings (SSSR count). The van der Waals surface area contributed by atoms with Crippen molar-refractivity contribution >= 4 is 29.1 Å². The summed E-state index contributed by atoms with van der Waals surface area (Å²) < 4.78 is 30.5.